The van der Waals surface area contributed by atoms with Gasteiger partial charge in [0.05, 0.1) is 37.4 Å². The van der Waals surface area contributed by atoms with Crippen LogP contribution in [0.2, 0.25) is 20.1 Å². The number of fused-ring (bicyclic) bond motifs is 1. The molecule has 0 bridgehead atoms. The summed E-state index contributed by atoms with van der Waals surface area (Å²) in [4.78, 5) is 4.13. The van der Waals surface area contributed by atoms with E-state index in [0.717, 1.165) is 16.5 Å². The first-order valence-corrected chi connectivity index (χ1v) is 16.2. The van der Waals surface area contributed by atoms with Crippen LogP contribution in [0.5, 0.6) is 11.5 Å². The molecule has 14 heteroatoms. The largest absolute Gasteiger partial charge is 0.453 e. The van der Waals surface area contributed by atoms with Crippen LogP contribution in [0, 0.1) is 6.92 Å². The van der Waals surface area contributed by atoms with Crippen molar-refractivity contribution in [2.75, 3.05) is 4.72 Å². The molecule has 2 N–H and O–H groups in total. The number of halogens is 4. The van der Waals surface area contributed by atoms with E-state index in [1.54, 1.807) is 24.4 Å². The zero-order valence-electron chi connectivity index (χ0n) is 21.4. The molecule has 0 fully saturated rings. The number of aromatic nitrogens is 1. The number of pyridine rings is 1. The van der Waals surface area contributed by atoms with E-state index >= 15 is 0 Å². The SMILES string of the molecule is Cc1ccc(S(=O)(=O)O)cc1.O=S(=O)(Nc1cc(Cl)c(Oc2cnc3ccccc3c2)c(Cl)c1)c1ccc(Cl)cc1Cl. The molecule has 0 aliphatic heterocycles. The second-order valence-corrected chi connectivity index (χ2v) is 13.4. The third-order valence-electron chi connectivity index (χ3n) is 5.54. The van der Waals surface area contributed by atoms with Gasteiger partial charge in [0.1, 0.15) is 10.6 Å². The fraction of sp³-hybridized carbons (Fsp3) is 0.0357. The van der Waals surface area contributed by atoms with Gasteiger partial charge < -0.3 is 4.74 Å². The van der Waals surface area contributed by atoms with Crippen molar-refractivity contribution in [3.05, 3.63) is 117 Å². The van der Waals surface area contributed by atoms with E-state index in [4.69, 9.17) is 55.7 Å². The summed E-state index contributed by atoms with van der Waals surface area (Å²) < 4.78 is 63.1. The Bertz CT molecular complexity index is 1970. The predicted molar refractivity (Wildman–Crippen MR) is 167 cm³/mol. The molecule has 0 spiro atoms. The van der Waals surface area contributed by atoms with Crippen LogP contribution in [0.15, 0.2) is 101 Å². The number of para-hydroxylation sites is 1. The highest BCUT2D eigenvalue weighted by atomic mass is 35.5. The Morgan fingerprint density at radius 2 is 1.43 bits per heavy atom. The molecule has 1 heterocycles. The minimum atomic E-state index is -4.02. The maximum atomic E-state index is 12.7. The Hall–Kier alpha value is -3.09. The molecule has 0 amide bonds. The lowest BCUT2D eigenvalue weighted by atomic mass is 10.2. The molecule has 42 heavy (non-hydrogen) atoms. The summed E-state index contributed by atoms with van der Waals surface area (Å²) >= 11 is 24.5. The van der Waals surface area contributed by atoms with E-state index in [2.05, 4.69) is 9.71 Å². The van der Waals surface area contributed by atoms with Gasteiger partial charge in [0.15, 0.2) is 5.75 Å². The van der Waals surface area contributed by atoms with Gasteiger partial charge in [0, 0.05) is 10.4 Å². The standard InChI is InChI=1S/C21H12Cl4N2O3S.C7H8O3S/c22-13-5-6-20(16(23)8-13)31(28,29)27-14-9-17(24)21(18(25)10-14)30-15-7-12-3-1-2-4-19(12)26-11-15;1-6-2-4-7(5-3-6)11(8,9)10/h1-11,27H;2-5H,1H3,(H,8,9,10). The molecular formula is C28H20Cl4N2O6S2. The average molecular weight is 686 g/mol. The number of benzene rings is 4. The monoisotopic (exact) mass is 684 g/mol. The lowest BCUT2D eigenvalue weighted by Gasteiger charge is -2.14. The maximum Gasteiger partial charge on any atom is 0.294 e. The van der Waals surface area contributed by atoms with Gasteiger partial charge in [-0.3, -0.25) is 14.3 Å². The molecule has 8 nitrogen and oxygen atoms in total. The van der Waals surface area contributed by atoms with Crippen LogP contribution in [-0.4, -0.2) is 26.4 Å². The van der Waals surface area contributed by atoms with Crippen molar-refractivity contribution in [3.63, 3.8) is 0 Å². The number of anilines is 1. The first-order chi connectivity index (χ1) is 19.7. The lowest BCUT2D eigenvalue weighted by Crippen LogP contribution is -2.13. The molecule has 1 aromatic heterocycles. The number of rotatable bonds is 6. The summed E-state index contributed by atoms with van der Waals surface area (Å²) in [7, 11) is -8.02. The molecule has 0 aliphatic rings. The third-order valence-corrected chi connectivity index (χ3v) is 9.07. The van der Waals surface area contributed by atoms with Crippen LogP contribution < -0.4 is 9.46 Å². The van der Waals surface area contributed by atoms with Crippen LogP contribution in [0.3, 0.4) is 0 Å². The fourth-order valence-electron chi connectivity index (χ4n) is 3.55. The van der Waals surface area contributed by atoms with Crippen LogP contribution in [-0.2, 0) is 20.1 Å². The molecule has 0 saturated heterocycles. The first-order valence-electron chi connectivity index (χ1n) is 11.8. The predicted octanol–water partition coefficient (Wildman–Crippen LogP) is 8.68. The molecule has 218 valence electrons. The summed E-state index contributed by atoms with van der Waals surface area (Å²) in [6.07, 6.45) is 1.55. The van der Waals surface area contributed by atoms with E-state index in [-0.39, 0.29) is 36.3 Å². The molecule has 5 aromatic rings. The number of ether oxygens (including phenoxy) is 1. The van der Waals surface area contributed by atoms with Crippen LogP contribution >= 0.6 is 46.4 Å². The number of aryl methyl sites for hydroxylation is 1. The molecule has 0 radical (unpaired) electrons. The summed E-state index contributed by atoms with van der Waals surface area (Å²) in [5.41, 5.74) is 1.92. The first kappa shape index (κ1) is 31.8. The van der Waals surface area contributed by atoms with Crippen molar-refractivity contribution >= 4 is 83.1 Å². The van der Waals surface area contributed by atoms with Crippen molar-refractivity contribution in [1.29, 1.82) is 0 Å². The molecular weight excluding hydrogens is 666 g/mol. The van der Waals surface area contributed by atoms with E-state index in [1.807, 2.05) is 31.2 Å². The smallest absolute Gasteiger partial charge is 0.294 e. The number of nitrogens with zero attached hydrogens (tertiary/aromatic N) is 1. The summed E-state index contributed by atoms with van der Waals surface area (Å²) in [6, 6.07) is 22.2. The van der Waals surface area contributed by atoms with Gasteiger partial charge >= 0.3 is 0 Å². The van der Waals surface area contributed by atoms with Crippen LogP contribution in [0.25, 0.3) is 10.9 Å². The normalized spacial score (nSPS) is 11.5. The van der Waals surface area contributed by atoms with Gasteiger partial charge in [0.25, 0.3) is 20.1 Å². The molecule has 0 saturated carbocycles. The molecule has 5 rings (SSSR count). The van der Waals surface area contributed by atoms with E-state index < -0.39 is 20.1 Å². The van der Waals surface area contributed by atoms with E-state index in [0.29, 0.717) is 10.8 Å². The van der Waals surface area contributed by atoms with Crippen molar-refractivity contribution in [2.24, 2.45) is 0 Å². The van der Waals surface area contributed by atoms with Crippen LogP contribution in [0.4, 0.5) is 5.69 Å². The van der Waals surface area contributed by atoms with Crippen LogP contribution in [0.1, 0.15) is 5.56 Å². The van der Waals surface area contributed by atoms with Gasteiger partial charge in [-0.1, -0.05) is 82.3 Å². The molecule has 4 aromatic carbocycles. The quantitative estimate of drug-likeness (QED) is 0.171. The van der Waals surface area contributed by atoms with Crippen molar-refractivity contribution in [2.45, 2.75) is 16.7 Å². The van der Waals surface area contributed by atoms with E-state index in [9.17, 15) is 16.8 Å². The lowest BCUT2D eigenvalue weighted by molar-refractivity contribution is 0.481. The Kier molecular flexibility index (Phi) is 9.89. The van der Waals surface area contributed by atoms with Gasteiger partial charge in [-0.15, -0.1) is 0 Å². The topological polar surface area (TPSA) is 123 Å². The van der Waals surface area contributed by atoms with Crippen molar-refractivity contribution in [1.82, 2.24) is 4.98 Å². The zero-order valence-corrected chi connectivity index (χ0v) is 26.1. The number of hydrogen-bond acceptors (Lipinski definition) is 6. The Balaban J connectivity index is 0.000000310. The zero-order chi connectivity index (χ0) is 30.7. The highest BCUT2D eigenvalue weighted by Gasteiger charge is 2.20. The Morgan fingerprint density at radius 1 is 0.786 bits per heavy atom. The van der Waals surface area contributed by atoms with Crippen molar-refractivity contribution in [3.8, 4) is 11.5 Å². The third kappa shape index (κ3) is 8.05. The fourth-order valence-corrected chi connectivity index (χ4v) is 6.41. The highest BCUT2D eigenvalue weighted by molar-refractivity contribution is 7.92. The second kappa shape index (κ2) is 13.0. The minimum Gasteiger partial charge on any atom is -0.453 e. The van der Waals surface area contributed by atoms with Crippen molar-refractivity contribution < 1.29 is 26.1 Å². The Morgan fingerprint density at radius 3 is 2.05 bits per heavy atom. The van der Waals surface area contributed by atoms with E-state index in [1.165, 1.54) is 42.5 Å². The van der Waals surface area contributed by atoms with Gasteiger partial charge in [-0.2, -0.15) is 8.42 Å². The van der Waals surface area contributed by atoms with Gasteiger partial charge in [-0.25, -0.2) is 8.42 Å². The summed E-state index contributed by atoms with van der Waals surface area (Å²) in [5.74, 6) is 0.608. The number of nitrogens with one attached hydrogen (secondary N) is 1. The number of sulfonamides is 1. The summed E-state index contributed by atoms with van der Waals surface area (Å²) in [6.45, 7) is 1.84. The highest BCUT2D eigenvalue weighted by Crippen LogP contribution is 2.40. The average Bonchev–Trinajstić information content (AvgIpc) is 2.90. The minimum absolute atomic E-state index is 0.0130. The van der Waals surface area contributed by atoms with Gasteiger partial charge in [-0.05, 0) is 61.5 Å². The van der Waals surface area contributed by atoms with Gasteiger partial charge in [0.2, 0.25) is 0 Å². The summed E-state index contributed by atoms with van der Waals surface area (Å²) in [5, 5.41) is 1.42. The molecule has 0 unspecified atom stereocenters. The second-order valence-electron chi connectivity index (χ2n) is 8.70. The molecule has 0 atom stereocenters. The number of hydrogen-bond donors (Lipinski definition) is 2. The molecule has 0 aliphatic carbocycles. The Labute approximate surface area is 262 Å². The maximum absolute atomic E-state index is 12.7.